The van der Waals surface area contributed by atoms with E-state index in [1.54, 1.807) is 0 Å². The summed E-state index contributed by atoms with van der Waals surface area (Å²) in [6.07, 6.45) is -2.27. The van der Waals surface area contributed by atoms with Crippen LogP contribution in [0.3, 0.4) is 0 Å². The highest BCUT2D eigenvalue weighted by Crippen LogP contribution is 2.33. The van der Waals surface area contributed by atoms with E-state index >= 15 is 0 Å². The summed E-state index contributed by atoms with van der Waals surface area (Å²) in [4.78, 5) is 12.4. The summed E-state index contributed by atoms with van der Waals surface area (Å²) in [5.41, 5.74) is 5.61. The van der Waals surface area contributed by atoms with Crippen LogP contribution >= 0.6 is 11.6 Å². The van der Waals surface area contributed by atoms with Crippen LogP contribution in [-0.2, 0) is 23.8 Å². The molecule has 21 heavy (non-hydrogen) atoms. The first-order valence-electron chi connectivity index (χ1n) is 6.82. The number of benzene rings is 1. The smallest absolute Gasteiger partial charge is 0.311 e. The highest BCUT2D eigenvalue weighted by Gasteiger charge is 2.39. The van der Waals surface area contributed by atoms with Crippen LogP contribution in [0.5, 0.6) is 0 Å². The fraction of sp³-hybridized carbons (Fsp3) is 0.308. The second-order valence-corrected chi connectivity index (χ2v) is 6.73. The fourth-order valence-electron chi connectivity index (χ4n) is 1.48. The zero-order valence-corrected chi connectivity index (χ0v) is 12.8. The monoisotopic (exact) mass is 333 g/mol. The zero-order valence-electron chi connectivity index (χ0n) is 13.2. The largest absolute Gasteiger partial charge is 0.460 e. The van der Waals surface area contributed by atoms with Gasteiger partial charge in [0.2, 0.25) is 17.4 Å². The van der Waals surface area contributed by atoms with Crippen LogP contribution in [0.1, 0.15) is 28.2 Å². The minimum absolute atomic E-state index is 0.107. The van der Waals surface area contributed by atoms with Gasteiger partial charge in [0.05, 0.1) is 7.97 Å². The molecule has 0 spiro atoms. The third-order valence-electron chi connectivity index (χ3n) is 2.65. The predicted molar refractivity (Wildman–Crippen MR) is 76.6 cm³/mol. The Balaban J connectivity index is 2.37. The lowest BCUT2D eigenvalue weighted by molar-refractivity contribution is -0.123. The van der Waals surface area contributed by atoms with E-state index < -0.39 is 38.8 Å². The SMILES string of the molecule is [2H]C(C)(C)S(=O)(=O)OC1=C(N)O[C@@]([2H])(c2ccc(Cl)cc2)C1=O. The van der Waals surface area contributed by atoms with Crippen molar-refractivity contribution in [3.63, 3.8) is 0 Å². The number of ketones is 1. The molecule has 0 radical (unpaired) electrons. The van der Waals surface area contributed by atoms with Gasteiger partial charge in [0.15, 0.2) is 6.08 Å². The number of hydrogen-bond acceptors (Lipinski definition) is 6. The summed E-state index contributed by atoms with van der Waals surface area (Å²) >= 11 is 5.75. The molecule has 0 saturated carbocycles. The van der Waals surface area contributed by atoms with Crippen LogP contribution in [0.4, 0.5) is 0 Å². The van der Waals surface area contributed by atoms with Crippen LogP contribution in [0.25, 0.3) is 0 Å². The van der Waals surface area contributed by atoms with E-state index in [0.717, 1.165) is 13.8 Å². The molecule has 0 bridgehead atoms. The van der Waals surface area contributed by atoms with Crippen molar-refractivity contribution in [2.75, 3.05) is 0 Å². The van der Waals surface area contributed by atoms with Gasteiger partial charge in [-0.15, -0.1) is 0 Å². The van der Waals surface area contributed by atoms with E-state index in [1.165, 1.54) is 24.3 Å². The number of ether oxygens (including phenoxy) is 1. The summed E-state index contributed by atoms with van der Waals surface area (Å²) in [5, 5.41) is -1.63. The third-order valence-corrected chi connectivity index (χ3v) is 4.29. The van der Waals surface area contributed by atoms with Crippen LogP contribution in [0.15, 0.2) is 35.9 Å². The summed E-state index contributed by atoms with van der Waals surface area (Å²) in [6.45, 7) is 2.15. The Labute approximate surface area is 130 Å². The lowest BCUT2D eigenvalue weighted by atomic mass is 10.1. The molecule has 0 saturated heterocycles. The van der Waals surface area contributed by atoms with Crippen molar-refractivity contribution < 1.29 is 24.9 Å². The molecule has 2 rings (SSSR count). The van der Waals surface area contributed by atoms with Crippen molar-refractivity contribution in [2.24, 2.45) is 5.73 Å². The summed E-state index contributed by atoms with van der Waals surface area (Å²) in [7, 11) is -4.46. The minimum atomic E-state index is -4.46. The van der Waals surface area contributed by atoms with E-state index in [0.29, 0.717) is 5.02 Å². The quantitative estimate of drug-likeness (QED) is 0.845. The molecule has 1 aromatic carbocycles. The second-order valence-electron chi connectivity index (χ2n) is 4.41. The average Bonchev–Trinajstić information content (AvgIpc) is 2.62. The Hall–Kier alpha value is -1.73. The van der Waals surface area contributed by atoms with Crippen molar-refractivity contribution in [1.29, 1.82) is 0 Å². The Morgan fingerprint density at radius 2 is 2.00 bits per heavy atom. The molecule has 0 aromatic heterocycles. The van der Waals surface area contributed by atoms with Gasteiger partial charge in [-0.1, -0.05) is 23.7 Å². The Morgan fingerprint density at radius 1 is 1.43 bits per heavy atom. The van der Waals surface area contributed by atoms with E-state index in [9.17, 15) is 13.2 Å². The van der Waals surface area contributed by atoms with Crippen molar-refractivity contribution in [3.05, 3.63) is 46.5 Å². The number of hydrogen-bond donors (Lipinski definition) is 1. The molecule has 1 atom stereocenters. The molecule has 0 amide bonds. The van der Waals surface area contributed by atoms with Gasteiger partial charge in [-0.05, 0) is 26.0 Å². The second kappa shape index (κ2) is 5.57. The molecule has 0 unspecified atom stereocenters. The van der Waals surface area contributed by atoms with Crippen molar-refractivity contribution in [3.8, 4) is 0 Å². The van der Waals surface area contributed by atoms with Gasteiger partial charge in [0, 0.05) is 10.6 Å². The molecule has 1 aromatic rings. The van der Waals surface area contributed by atoms with Crippen molar-refractivity contribution in [2.45, 2.75) is 25.2 Å². The maximum atomic E-state index is 12.4. The molecule has 2 N–H and O–H groups in total. The molecular formula is C13H14ClNO5S. The van der Waals surface area contributed by atoms with E-state index in [1.807, 2.05) is 0 Å². The normalized spacial score (nSPS) is 24.4. The fourth-order valence-corrected chi connectivity index (χ4v) is 2.15. The first-order valence-corrected chi connectivity index (χ1v) is 7.61. The number of halogens is 1. The molecule has 0 fully saturated rings. The Bertz CT molecular complexity index is 786. The Kier molecular flexibility index (Phi) is 3.44. The first kappa shape index (κ1) is 13.0. The van der Waals surface area contributed by atoms with Gasteiger partial charge in [0.25, 0.3) is 0 Å². The molecule has 8 heteroatoms. The van der Waals surface area contributed by atoms with Gasteiger partial charge in [-0.25, -0.2) is 0 Å². The van der Waals surface area contributed by atoms with E-state index in [2.05, 4.69) is 4.18 Å². The first-order chi connectivity index (χ1) is 10.4. The summed E-state index contributed by atoms with van der Waals surface area (Å²) in [5.74, 6) is -2.52. The van der Waals surface area contributed by atoms with Gasteiger partial charge in [-0.2, -0.15) is 8.42 Å². The van der Waals surface area contributed by atoms with Gasteiger partial charge < -0.3 is 14.7 Å². The molecule has 114 valence electrons. The highest BCUT2D eigenvalue weighted by atomic mass is 35.5. The lowest BCUT2D eigenvalue weighted by Crippen LogP contribution is -2.21. The topological polar surface area (TPSA) is 95.7 Å². The zero-order chi connectivity index (χ0) is 17.6. The predicted octanol–water partition coefficient (Wildman–Crippen LogP) is 1.86. The minimum Gasteiger partial charge on any atom is -0.460 e. The number of carbonyl (C=O) groups excluding carboxylic acids is 1. The van der Waals surface area contributed by atoms with Gasteiger partial charge >= 0.3 is 10.1 Å². The number of carbonyl (C=O) groups is 1. The van der Waals surface area contributed by atoms with E-state index in [4.69, 9.17) is 24.8 Å². The summed E-state index contributed by atoms with van der Waals surface area (Å²) < 4.78 is 49.2. The van der Waals surface area contributed by atoms with Crippen molar-refractivity contribution in [1.82, 2.24) is 0 Å². The van der Waals surface area contributed by atoms with Crippen LogP contribution < -0.4 is 5.73 Å². The van der Waals surface area contributed by atoms with Gasteiger partial charge in [-0.3, -0.25) is 4.79 Å². The number of Topliss-reactive ketones (excluding diaryl/α,β-unsaturated/α-hetero) is 1. The van der Waals surface area contributed by atoms with Crippen LogP contribution in [0, 0.1) is 0 Å². The molecule has 1 aliphatic rings. The van der Waals surface area contributed by atoms with Crippen LogP contribution in [-0.4, -0.2) is 19.4 Å². The van der Waals surface area contributed by atoms with Gasteiger partial charge in [0.1, 0.15) is 0 Å². The highest BCUT2D eigenvalue weighted by molar-refractivity contribution is 7.87. The van der Waals surface area contributed by atoms with E-state index in [-0.39, 0.29) is 5.56 Å². The molecule has 6 nitrogen and oxygen atoms in total. The average molecular weight is 334 g/mol. The number of rotatable bonds is 4. The molecule has 1 heterocycles. The molecular weight excluding hydrogens is 318 g/mol. The summed E-state index contributed by atoms with van der Waals surface area (Å²) in [6, 6.07) is 5.66. The maximum Gasteiger partial charge on any atom is 0.311 e. The molecule has 1 aliphatic heterocycles. The molecule has 0 aliphatic carbocycles. The van der Waals surface area contributed by atoms with Crippen LogP contribution in [0.2, 0.25) is 5.02 Å². The van der Waals surface area contributed by atoms with Crippen molar-refractivity contribution >= 4 is 27.5 Å². The maximum absolute atomic E-state index is 12.4. The Morgan fingerprint density at radius 3 is 2.52 bits per heavy atom. The number of nitrogens with two attached hydrogens (primary N) is 1. The standard InChI is InChI=1S/C13H14ClNO5S/c1-7(2)21(17,18)20-12-10(16)11(19-13(12)15)8-3-5-9(14)6-4-8/h3-7,11H,15H2,1-2H3/t11-/m0/s1/i7D,11D. The lowest BCUT2D eigenvalue weighted by Gasteiger charge is -2.10. The third kappa shape index (κ3) is 3.14.